The van der Waals surface area contributed by atoms with Gasteiger partial charge in [0.2, 0.25) is 0 Å². The van der Waals surface area contributed by atoms with E-state index in [1.807, 2.05) is 12.1 Å². The van der Waals surface area contributed by atoms with Crippen molar-refractivity contribution >= 4 is 9.84 Å². The Hall–Kier alpha value is -2.83. The summed E-state index contributed by atoms with van der Waals surface area (Å²) in [6.07, 6.45) is 3.55. The lowest BCUT2D eigenvalue weighted by Crippen LogP contribution is -2.23. The van der Waals surface area contributed by atoms with Gasteiger partial charge in [0.25, 0.3) is 0 Å². The van der Waals surface area contributed by atoms with Crippen LogP contribution >= 0.6 is 0 Å². The highest BCUT2D eigenvalue weighted by Gasteiger charge is 2.27. The second kappa shape index (κ2) is 8.60. The van der Waals surface area contributed by atoms with Crippen LogP contribution in [0.3, 0.4) is 0 Å². The summed E-state index contributed by atoms with van der Waals surface area (Å²) in [6.45, 7) is 3.15. The summed E-state index contributed by atoms with van der Waals surface area (Å²) in [7, 11) is -3.22. The molecule has 5 rings (SSSR count). The number of sulfone groups is 1. The summed E-state index contributed by atoms with van der Waals surface area (Å²) in [6, 6.07) is 22.2. The van der Waals surface area contributed by atoms with Gasteiger partial charge >= 0.3 is 0 Å². The molecule has 2 heterocycles. The average Bonchev–Trinajstić information content (AvgIpc) is 3.27. The van der Waals surface area contributed by atoms with Crippen molar-refractivity contribution in [3.63, 3.8) is 0 Å². The molecule has 0 spiro atoms. The molecule has 1 atom stereocenters. The standard InChI is InChI=1S/C26H27NO4S/c1-32(28,29)23-5-2-4-21(16-23)20-9-7-19(8-10-20)18-27-13-3-6-24(27)22-11-12-25-26(17-22)31-15-14-30-25/h2,4-5,7-12,16-17,24H,3,6,13-15,18H2,1H3/t24-/m0/s1. The van der Waals surface area contributed by atoms with Gasteiger partial charge in [-0.1, -0.05) is 42.5 Å². The van der Waals surface area contributed by atoms with Gasteiger partial charge in [-0.15, -0.1) is 0 Å². The molecule has 2 aliphatic rings. The summed E-state index contributed by atoms with van der Waals surface area (Å²) in [5.74, 6) is 1.68. The van der Waals surface area contributed by atoms with Gasteiger partial charge in [0.05, 0.1) is 4.90 Å². The Morgan fingerprint density at radius 3 is 2.47 bits per heavy atom. The molecule has 0 N–H and O–H groups in total. The number of hydrogen-bond donors (Lipinski definition) is 0. The van der Waals surface area contributed by atoms with Crippen molar-refractivity contribution in [1.82, 2.24) is 4.90 Å². The fourth-order valence-electron chi connectivity index (χ4n) is 4.60. The molecule has 6 heteroatoms. The van der Waals surface area contributed by atoms with E-state index in [4.69, 9.17) is 9.47 Å². The summed E-state index contributed by atoms with van der Waals surface area (Å²) >= 11 is 0. The zero-order chi connectivity index (χ0) is 22.1. The highest BCUT2D eigenvalue weighted by Crippen LogP contribution is 2.38. The van der Waals surface area contributed by atoms with E-state index in [1.165, 1.54) is 23.8 Å². The van der Waals surface area contributed by atoms with Crippen LogP contribution < -0.4 is 9.47 Å². The fourth-order valence-corrected chi connectivity index (χ4v) is 5.27. The van der Waals surface area contributed by atoms with E-state index in [0.29, 0.717) is 24.2 Å². The lowest BCUT2D eigenvalue weighted by molar-refractivity contribution is 0.170. The molecule has 32 heavy (non-hydrogen) atoms. The van der Waals surface area contributed by atoms with Gasteiger partial charge in [-0.3, -0.25) is 4.90 Å². The van der Waals surface area contributed by atoms with Crippen LogP contribution in [0, 0.1) is 0 Å². The van der Waals surface area contributed by atoms with E-state index >= 15 is 0 Å². The zero-order valence-corrected chi connectivity index (χ0v) is 19.0. The third-order valence-corrected chi connectivity index (χ3v) is 7.36. The molecular formula is C26H27NO4S. The average molecular weight is 450 g/mol. The van der Waals surface area contributed by atoms with Gasteiger partial charge in [0.15, 0.2) is 21.3 Å². The number of fused-ring (bicyclic) bond motifs is 1. The molecule has 1 saturated heterocycles. The topological polar surface area (TPSA) is 55.8 Å². The molecule has 0 aromatic heterocycles. The van der Waals surface area contributed by atoms with E-state index in [-0.39, 0.29) is 0 Å². The SMILES string of the molecule is CS(=O)(=O)c1cccc(-c2ccc(CN3CCC[C@H]3c3ccc4c(c3)OCCO4)cc2)c1. The summed E-state index contributed by atoms with van der Waals surface area (Å²) in [5, 5.41) is 0. The van der Waals surface area contributed by atoms with Crippen LogP contribution in [-0.4, -0.2) is 39.3 Å². The molecule has 1 fully saturated rings. The van der Waals surface area contributed by atoms with Crippen molar-refractivity contribution in [2.45, 2.75) is 30.3 Å². The Kier molecular flexibility index (Phi) is 5.66. The van der Waals surface area contributed by atoms with Crippen LogP contribution in [0.15, 0.2) is 71.6 Å². The number of nitrogens with zero attached hydrogens (tertiary/aromatic N) is 1. The molecule has 0 unspecified atom stereocenters. The van der Waals surface area contributed by atoms with Crippen LogP contribution in [0.5, 0.6) is 11.5 Å². The van der Waals surface area contributed by atoms with Gasteiger partial charge in [-0.05, 0) is 65.9 Å². The van der Waals surface area contributed by atoms with Crippen molar-refractivity contribution in [2.24, 2.45) is 0 Å². The summed E-state index contributed by atoms with van der Waals surface area (Å²) in [5.41, 5.74) is 4.46. The molecule has 3 aromatic rings. The normalized spacial score (nSPS) is 18.6. The van der Waals surface area contributed by atoms with Gasteiger partial charge in [-0.2, -0.15) is 0 Å². The predicted octanol–water partition coefficient (Wildman–Crippen LogP) is 4.87. The number of hydrogen-bond acceptors (Lipinski definition) is 5. The van der Waals surface area contributed by atoms with E-state index in [0.717, 1.165) is 42.1 Å². The maximum atomic E-state index is 11.9. The molecule has 0 bridgehead atoms. The van der Waals surface area contributed by atoms with E-state index in [1.54, 1.807) is 18.2 Å². The highest BCUT2D eigenvalue weighted by molar-refractivity contribution is 7.90. The smallest absolute Gasteiger partial charge is 0.175 e. The molecule has 166 valence electrons. The molecule has 0 amide bonds. The van der Waals surface area contributed by atoms with Crippen LogP contribution in [0.25, 0.3) is 11.1 Å². The Morgan fingerprint density at radius 1 is 0.906 bits per heavy atom. The summed E-state index contributed by atoms with van der Waals surface area (Å²) in [4.78, 5) is 2.86. The molecule has 0 saturated carbocycles. The maximum Gasteiger partial charge on any atom is 0.175 e. The molecule has 3 aromatic carbocycles. The quantitative estimate of drug-likeness (QED) is 0.557. The first-order valence-electron chi connectivity index (χ1n) is 11.0. The number of ether oxygens (including phenoxy) is 2. The first-order valence-corrected chi connectivity index (χ1v) is 12.9. The molecule has 0 aliphatic carbocycles. The van der Waals surface area contributed by atoms with E-state index in [2.05, 4.69) is 41.3 Å². The van der Waals surface area contributed by atoms with Gasteiger partial charge in [0.1, 0.15) is 13.2 Å². The van der Waals surface area contributed by atoms with Crippen molar-refractivity contribution in [1.29, 1.82) is 0 Å². The van der Waals surface area contributed by atoms with Crippen molar-refractivity contribution in [2.75, 3.05) is 26.0 Å². The number of rotatable bonds is 5. The number of likely N-dealkylation sites (tertiary alicyclic amines) is 1. The summed E-state index contributed by atoms with van der Waals surface area (Å²) < 4.78 is 35.2. The molecule has 2 aliphatic heterocycles. The lowest BCUT2D eigenvalue weighted by Gasteiger charge is -2.26. The zero-order valence-electron chi connectivity index (χ0n) is 18.2. The highest BCUT2D eigenvalue weighted by atomic mass is 32.2. The molecule has 0 radical (unpaired) electrons. The monoisotopic (exact) mass is 449 g/mol. The lowest BCUT2D eigenvalue weighted by atomic mass is 10.0. The van der Waals surface area contributed by atoms with Gasteiger partial charge < -0.3 is 9.47 Å². The van der Waals surface area contributed by atoms with Crippen molar-refractivity contribution in [3.05, 3.63) is 77.9 Å². The van der Waals surface area contributed by atoms with Crippen LogP contribution in [0.2, 0.25) is 0 Å². The van der Waals surface area contributed by atoms with Crippen molar-refractivity contribution < 1.29 is 17.9 Å². The Balaban J connectivity index is 1.32. The van der Waals surface area contributed by atoms with Crippen molar-refractivity contribution in [3.8, 4) is 22.6 Å². The van der Waals surface area contributed by atoms with Crippen LogP contribution in [0.4, 0.5) is 0 Å². The fraction of sp³-hybridized carbons (Fsp3) is 0.308. The minimum Gasteiger partial charge on any atom is -0.486 e. The third kappa shape index (κ3) is 4.38. The second-order valence-electron chi connectivity index (χ2n) is 8.53. The van der Waals surface area contributed by atoms with Gasteiger partial charge in [-0.25, -0.2) is 8.42 Å². The minimum atomic E-state index is -3.22. The van der Waals surface area contributed by atoms with E-state index in [9.17, 15) is 8.42 Å². The van der Waals surface area contributed by atoms with Gasteiger partial charge in [0, 0.05) is 18.8 Å². The molecular weight excluding hydrogens is 422 g/mol. The second-order valence-corrected chi connectivity index (χ2v) is 10.5. The van der Waals surface area contributed by atoms with Crippen LogP contribution in [-0.2, 0) is 16.4 Å². The maximum absolute atomic E-state index is 11.9. The minimum absolute atomic E-state index is 0.346. The first-order chi connectivity index (χ1) is 15.5. The first kappa shape index (κ1) is 21.0. The van der Waals surface area contributed by atoms with E-state index < -0.39 is 9.84 Å². The molecule has 5 nitrogen and oxygen atoms in total. The Bertz CT molecular complexity index is 1220. The Morgan fingerprint density at radius 2 is 1.69 bits per heavy atom. The third-order valence-electron chi connectivity index (χ3n) is 6.25. The largest absolute Gasteiger partial charge is 0.486 e. The Labute approximate surface area is 189 Å². The number of benzene rings is 3. The predicted molar refractivity (Wildman–Crippen MR) is 125 cm³/mol. The van der Waals surface area contributed by atoms with Crippen LogP contribution in [0.1, 0.15) is 30.0 Å².